The summed E-state index contributed by atoms with van der Waals surface area (Å²) < 4.78 is 5.01. The highest BCUT2D eigenvalue weighted by molar-refractivity contribution is 6.40. The Morgan fingerprint density at radius 2 is 1.52 bits per heavy atom. The lowest BCUT2D eigenvalue weighted by atomic mass is 9.89. The van der Waals surface area contributed by atoms with Gasteiger partial charge in [0, 0.05) is 48.1 Å². The van der Waals surface area contributed by atoms with Crippen LogP contribution in [0.4, 0.5) is 0 Å². The minimum Gasteiger partial charge on any atom is -0.507 e. The number of fused-ring (bicyclic) bond motifs is 2. The maximum absolute atomic E-state index is 13.3. The van der Waals surface area contributed by atoms with E-state index in [9.17, 15) is 24.6 Å². The van der Waals surface area contributed by atoms with Crippen molar-refractivity contribution in [3.63, 3.8) is 0 Å². The van der Waals surface area contributed by atoms with Crippen molar-refractivity contribution in [3.05, 3.63) is 83.4 Å². The van der Waals surface area contributed by atoms with E-state index in [0.29, 0.717) is 40.6 Å². The predicted molar refractivity (Wildman–Crippen MR) is 153 cm³/mol. The summed E-state index contributed by atoms with van der Waals surface area (Å²) >= 11 is 0. The van der Waals surface area contributed by atoms with Gasteiger partial charge < -0.3 is 25.2 Å². The van der Waals surface area contributed by atoms with E-state index in [2.05, 4.69) is 17.4 Å². The first-order valence-electron chi connectivity index (χ1n) is 13.5. The number of aldehydes is 1. The molecule has 2 saturated heterocycles. The van der Waals surface area contributed by atoms with Crippen LogP contribution < -0.4 is 5.32 Å². The third kappa shape index (κ3) is 5.68. The SMILES string of the molecule is C1COCCN1.O=CC(=O)c1c2cccc(O)c2cc2c(O)cc(C(=O)N3CCC(c4ccccc4)CC3)cc12. The van der Waals surface area contributed by atoms with Gasteiger partial charge in [-0.15, -0.1) is 0 Å². The minimum absolute atomic E-state index is 0.0612. The van der Waals surface area contributed by atoms with Crippen LogP contribution in [0.3, 0.4) is 0 Å². The highest BCUT2D eigenvalue weighted by Gasteiger charge is 2.26. The van der Waals surface area contributed by atoms with Crippen molar-refractivity contribution in [1.29, 1.82) is 0 Å². The topological polar surface area (TPSA) is 116 Å². The van der Waals surface area contributed by atoms with Gasteiger partial charge in [-0.25, -0.2) is 0 Å². The minimum atomic E-state index is -0.783. The van der Waals surface area contributed by atoms with Crippen LogP contribution in [0.25, 0.3) is 21.5 Å². The monoisotopic (exact) mass is 540 g/mol. The van der Waals surface area contributed by atoms with Gasteiger partial charge in [0.25, 0.3) is 5.91 Å². The number of carbonyl (C=O) groups is 3. The van der Waals surface area contributed by atoms with Gasteiger partial charge in [0.05, 0.1) is 13.2 Å². The number of hydrogen-bond acceptors (Lipinski definition) is 7. The molecule has 0 saturated carbocycles. The zero-order valence-electron chi connectivity index (χ0n) is 22.1. The van der Waals surface area contributed by atoms with Crippen LogP contribution in [-0.2, 0) is 9.53 Å². The number of hydrogen-bond donors (Lipinski definition) is 3. The number of nitrogens with zero attached hydrogens (tertiary/aromatic N) is 1. The second-order valence-corrected chi connectivity index (χ2v) is 10.0. The Morgan fingerprint density at radius 1 is 0.825 bits per heavy atom. The first-order chi connectivity index (χ1) is 19.5. The van der Waals surface area contributed by atoms with Crippen LogP contribution in [-0.4, -0.2) is 72.5 Å². The van der Waals surface area contributed by atoms with E-state index in [1.54, 1.807) is 29.2 Å². The number of carbonyl (C=O) groups excluding carboxylic acids is 3. The quantitative estimate of drug-likeness (QED) is 0.152. The number of phenolic OH excluding ortho intramolecular Hbond substituents is 2. The lowest BCUT2D eigenvalue weighted by Gasteiger charge is -2.32. The van der Waals surface area contributed by atoms with E-state index >= 15 is 0 Å². The van der Waals surface area contributed by atoms with Crippen molar-refractivity contribution in [2.24, 2.45) is 0 Å². The van der Waals surface area contributed by atoms with Gasteiger partial charge in [0.1, 0.15) is 11.5 Å². The molecule has 0 aliphatic carbocycles. The summed E-state index contributed by atoms with van der Waals surface area (Å²) in [5.41, 5.74) is 1.58. The van der Waals surface area contributed by atoms with Gasteiger partial charge in [-0.2, -0.15) is 0 Å². The molecule has 0 radical (unpaired) electrons. The van der Waals surface area contributed by atoms with Crippen molar-refractivity contribution in [2.75, 3.05) is 39.4 Å². The first-order valence-corrected chi connectivity index (χ1v) is 13.5. The molecule has 2 aliphatic rings. The standard InChI is InChI=1S/C28H23NO5.C4H9NO/c30-16-26(33)27-20-7-4-8-24(31)21(20)15-22-23(27)13-19(14-25(22)32)28(34)29-11-9-18(10-12-29)17-5-2-1-3-6-17;1-3-6-4-2-5-1/h1-8,13-16,18,31-32H,9-12H2;5H,1-4H2. The Morgan fingerprint density at radius 3 is 2.15 bits per heavy atom. The lowest BCUT2D eigenvalue weighted by Crippen LogP contribution is -2.37. The molecular formula is C32H32N2O6. The number of likely N-dealkylation sites (tertiary alicyclic amines) is 1. The van der Waals surface area contributed by atoms with E-state index in [1.165, 1.54) is 17.7 Å². The highest BCUT2D eigenvalue weighted by Crippen LogP contribution is 2.38. The van der Waals surface area contributed by atoms with Crippen molar-refractivity contribution >= 4 is 39.5 Å². The number of nitrogens with one attached hydrogen (secondary N) is 1. The van der Waals surface area contributed by atoms with Crippen LogP contribution in [0.15, 0.2) is 66.7 Å². The fourth-order valence-electron chi connectivity index (χ4n) is 5.50. The van der Waals surface area contributed by atoms with E-state index in [0.717, 1.165) is 39.1 Å². The number of amides is 1. The number of rotatable bonds is 4. The maximum Gasteiger partial charge on any atom is 0.254 e. The molecule has 206 valence electrons. The largest absolute Gasteiger partial charge is 0.507 e. The summed E-state index contributed by atoms with van der Waals surface area (Å²) in [5, 5.41) is 25.5. The highest BCUT2D eigenvalue weighted by atomic mass is 16.5. The molecule has 0 aromatic heterocycles. The van der Waals surface area contributed by atoms with Crippen molar-refractivity contribution in [3.8, 4) is 11.5 Å². The van der Waals surface area contributed by atoms with Crippen LogP contribution in [0.2, 0.25) is 0 Å². The Bertz CT molecular complexity index is 1530. The second kappa shape index (κ2) is 12.3. The molecule has 4 aromatic carbocycles. The molecule has 2 fully saturated rings. The average molecular weight is 541 g/mol. The predicted octanol–water partition coefficient (Wildman–Crippen LogP) is 4.41. The number of aromatic hydroxyl groups is 2. The number of benzene rings is 4. The van der Waals surface area contributed by atoms with Crippen LogP contribution in [0.5, 0.6) is 11.5 Å². The number of ketones is 1. The van der Waals surface area contributed by atoms with E-state index < -0.39 is 5.78 Å². The zero-order valence-corrected chi connectivity index (χ0v) is 22.1. The molecule has 0 unspecified atom stereocenters. The maximum atomic E-state index is 13.3. The molecule has 3 N–H and O–H groups in total. The summed E-state index contributed by atoms with van der Waals surface area (Å²) in [6.07, 6.45) is 1.89. The summed E-state index contributed by atoms with van der Waals surface area (Å²) in [6.45, 7) is 5.01. The van der Waals surface area contributed by atoms with E-state index in [4.69, 9.17) is 4.74 Å². The fourth-order valence-corrected chi connectivity index (χ4v) is 5.50. The van der Waals surface area contributed by atoms with Crippen molar-refractivity contribution < 1.29 is 29.3 Å². The van der Waals surface area contributed by atoms with Crippen LogP contribution in [0, 0.1) is 0 Å². The molecule has 2 heterocycles. The van der Waals surface area contributed by atoms with E-state index in [1.807, 2.05) is 18.2 Å². The Labute approximate surface area is 232 Å². The molecule has 0 spiro atoms. The summed E-state index contributed by atoms with van der Waals surface area (Å²) in [6, 6.07) is 19.4. The molecule has 4 aromatic rings. The molecule has 0 bridgehead atoms. The summed E-state index contributed by atoms with van der Waals surface area (Å²) in [7, 11) is 0. The van der Waals surface area contributed by atoms with Gasteiger partial charge in [0.15, 0.2) is 6.29 Å². The Balaban J connectivity index is 0.000000477. The van der Waals surface area contributed by atoms with Crippen LogP contribution in [0.1, 0.15) is 45.0 Å². The number of ether oxygens (including phenoxy) is 1. The number of piperidine rings is 1. The molecule has 8 nitrogen and oxygen atoms in total. The molecule has 8 heteroatoms. The Kier molecular flexibility index (Phi) is 8.38. The van der Waals surface area contributed by atoms with Gasteiger partial charge in [-0.3, -0.25) is 14.4 Å². The zero-order chi connectivity index (χ0) is 28.1. The third-order valence-electron chi connectivity index (χ3n) is 7.57. The second-order valence-electron chi connectivity index (χ2n) is 10.0. The number of Topliss-reactive ketones (excluding diaryl/α,β-unsaturated/α-hetero) is 1. The molecule has 2 aliphatic heterocycles. The number of phenols is 2. The summed E-state index contributed by atoms with van der Waals surface area (Å²) in [4.78, 5) is 39.1. The average Bonchev–Trinajstić information content (AvgIpc) is 3.01. The molecule has 0 atom stereocenters. The Hall–Kier alpha value is -4.27. The first kappa shape index (κ1) is 27.3. The smallest absolute Gasteiger partial charge is 0.254 e. The summed E-state index contributed by atoms with van der Waals surface area (Å²) in [5.74, 6) is -0.880. The van der Waals surface area contributed by atoms with Crippen LogP contribution >= 0.6 is 0 Å². The normalized spacial score (nSPS) is 15.8. The molecular weight excluding hydrogens is 508 g/mol. The van der Waals surface area contributed by atoms with Crippen molar-refractivity contribution in [2.45, 2.75) is 18.8 Å². The molecule has 6 rings (SSSR count). The number of morpholine rings is 1. The molecule has 1 amide bonds. The van der Waals surface area contributed by atoms with Crippen molar-refractivity contribution in [1.82, 2.24) is 10.2 Å². The van der Waals surface area contributed by atoms with Gasteiger partial charge in [-0.1, -0.05) is 42.5 Å². The van der Waals surface area contributed by atoms with Gasteiger partial charge >= 0.3 is 0 Å². The lowest BCUT2D eigenvalue weighted by molar-refractivity contribution is -0.104. The third-order valence-corrected chi connectivity index (χ3v) is 7.57. The van der Waals surface area contributed by atoms with Gasteiger partial charge in [0.2, 0.25) is 5.78 Å². The fraction of sp³-hybridized carbons (Fsp3) is 0.281. The van der Waals surface area contributed by atoms with Gasteiger partial charge in [-0.05, 0) is 59.4 Å². The molecule has 40 heavy (non-hydrogen) atoms. The van der Waals surface area contributed by atoms with E-state index in [-0.39, 0.29) is 34.8 Å².